The Labute approximate surface area is 117 Å². The molecule has 1 nitrogen and oxygen atoms in total. The first-order valence-electron chi connectivity index (χ1n) is 8.01. The minimum atomic E-state index is 0.490. The van der Waals surface area contributed by atoms with Crippen LogP contribution in [0.4, 0.5) is 0 Å². The smallest absolute Gasteiger partial charge is 0.0292 e. The van der Waals surface area contributed by atoms with E-state index in [1.807, 2.05) is 0 Å². The number of hydrogen-bond acceptors (Lipinski definition) is 1. The van der Waals surface area contributed by atoms with Crippen LogP contribution in [0.3, 0.4) is 0 Å². The van der Waals surface area contributed by atoms with Crippen molar-refractivity contribution in [1.82, 2.24) is 5.32 Å². The normalized spacial score (nSPS) is 22.4. The maximum atomic E-state index is 3.75. The largest absolute Gasteiger partial charge is 0.310 e. The Morgan fingerprint density at radius 3 is 2.53 bits per heavy atom. The Morgan fingerprint density at radius 2 is 1.84 bits per heavy atom. The Bertz CT molecular complexity index is 445. The second-order valence-corrected chi connectivity index (χ2v) is 7.00. The summed E-state index contributed by atoms with van der Waals surface area (Å²) in [6, 6.07) is 7.65. The molecular formula is C18H27N. The first kappa shape index (κ1) is 13.2. The summed E-state index contributed by atoms with van der Waals surface area (Å²) in [5.41, 5.74) is 5.24. The predicted octanol–water partition coefficient (Wildman–Crippen LogP) is 4.41. The van der Waals surface area contributed by atoms with Gasteiger partial charge in [-0.25, -0.2) is 0 Å². The highest BCUT2D eigenvalue weighted by Crippen LogP contribution is 2.39. The third kappa shape index (κ3) is 2.86. The van der Waals surface area contributed by atoms with Gasteiger partial charge in [-0.15, -0.1) is 0 Å². The summed E-state index contributed by atoms with van der Waals surface area (Å²) in [4.78, 5) is 0. The van der Waals surface area contributed by atoms with Crippen LogP contribution in [0.15, 0.2) is 18.2 Å². The van der Waals surface area contributed by atoms with E-state index in [1.54, 1.807) is 11.1 Å². The van der Waals surface area contributed by atoms with Crippen molar-refractivity contribution >= 4 is 0 Å². The molecule has 1 fully saturated rings. The van der Waals surface area contributed by atoms with E-state index in [1.165, 1.54) is 57.1 Å². The molecular weight excluding hydrogens is 230 g/mol. The average molecular weight is 257 g/mol. The van der Waals surface area contributed by atoms with Crippen LogP contribution < -0.4 is 5.32 Å². The number of nitrogens with one attached hydrogen (secondary N) is 1. The highest BCUT2D eigenvalue weighted by Gasteiger charge is 2.31. The van der Waals surface area contributed by atoms with Crippen LogP contribution in [0.2, 0.25) is 0 Å². The van der Waals surface area contributed by atoms with Crippen LogP contribution in [-0.2, 0) is 12.8 Å². The van der Waals surface area contributed by atoms with Crippen LogP contribution >= 0.6 is 0 Å². The summed E-state index contributed by atoms with van der Waals surface area (Å²) in [7, 11) is 0. The molecule has 2 aliphatic rings. The quantitative estimate of drug-likeness (QED) is 0.842. The first-order valence-corrected chi connectivity index (χ1v) is 8.01. The highest BCUT2D eigenvalue weighted by molar-refractivity contribution is 5.35. The molecule has 1 heteroatoms. The maximum Gasteiger partial charge on any atom is 0.0292 e. The molecule has 3 rings (SSSR count). The number of hydrogen-bond donors (Lipinski definition) is 1. The third-order valence-corrected chi connectivity index (χ3v) is 5.27. The minimum Gasteiger partial charge on any atom is -0.310 e. The van der Waals surface area contributed by atoms with Crippen LogP contribution in [0.5, 0.6) is 0 Å². The predicted molar refractivity (Wildman–Crippen MR) is 81.5 cm³/mol. The Balaban J connectivity index is 1.64. The molecule has 2 aliphatic carbocycles. The second kappa shape index (κ2) is 5.28. The van der Waals surface area contributed by atoms with Gasteiger partial charge in [0.15, 0.2) is 0 Å². The fraction of sp³-hybridized carbons (Fsp3) is 0.667. The van der Waals surface area contributed by atoms with Gasteiger partial charge >= 0.3 is 0 Å². The molecule has 0 aliphatic heterocycles. The van der Waals surface area contributed by atoms with Crippen molar-refractivity contribution in [3.05, 3.63) is 34.9 Å². The minimum absolute atomic E-state index is 0.490. The number of benzene rings is 1. The van der Waals surface area contributed by atoms with E-state index < -0.39 is 0 Å². The van der Waals surface area contributed by atoms with E-state index in [2.05, 4.69) is 37.4 Å². The van der Waals surface area contributed by atoms with Crippen molar-refractivity contribution < 1.29 is 0 Å². The van der Waals surface area contributed by atoms with Gasteiger partial charge in [0.2, 0.25) is 0 Å². The Kier molecular flexibility index (Phi) is 3.66. The van der Waals surface area contributed by atoms with E-state index in [9.17, 15) is 0 Å². The van der Waals surface area contributed by atoms with E-state index >= 15 is 0 Å². The van der Waals surface area contributed by atoms with Crippen LogP contribution in [0.25, 0.3) is 0 Å². The monoisotopic (exact) mass is 257 g/mol. The van der Waals surface area contributed by atoms with E-state index in [-0.39, 0.29) is 0 Å². The first-order chi connectivity index (χ1) is 9.16. The summed E-state index contributed by atoms with van der Waals surface area (Å²) in [5, 5.41) is 3.75. The summed E-state index contributed by atoms with van der Waals surface area (Å²) in [6.45, 7) is 5.90. The molecule has 0 radical (unpaired) electrons. The lowest BCUT2D eigenvalue weighted by atomic mass is 9.70. The van der Waals surface area contributed by atoms with Crippen LogP contribution in [-0.4, -0.2) is 6.54 Å². The fourth-order valence-corrected chi connectivity index (χ4v) is 3.50. The zero-order chi connectivity index (χ0) is 13.3. The number of aryl methyl sites for hydroxylation is 2. The Hall–Kier alpha value is -0.820. The van der Waals surface area contributed by atoms with Gasteiger partial charge in [0.25, 0.3) is 0 Å². The zero-order valence-electron chi connectivity index (χ0n) is 12.5. The van der Waals surface area contributed by atoms with Crippen molar-refractivity contribution in [2.45, 2.75) is 64.8 Å². The summed E-state index contributed by atoms with van der Waals surface area (Å²) >= 11 is 0. The molecule has 0 bridgehead atoms. The lowest BCUT2D eigenvalue weighted by Gasteiger charge is -2.39. The maximum absolute atomic E-state index is 3.75. The molecule has 0 spiro atoms. The molecule has 1 N–H and O–H groups in total. The molecule has 1 aromatic rings. The van der Waals surface area contributed by atoms with E-state index in [0.29, 0.717) is 11.5 Å². The van der Waals surface area contributed by atoms with Gasteiger partial charge in [-0.2, -0.15) is 0 Å². The zero-order valence-corrected chi connectivity index (χ0v) is 12.5. The van der Waals surface area contributed by atoms with Crippen LogP contribution in [0, 0.1) is 5.41 Å². The molecule has 0 heterocycles. The second-order valence-electron chi connectivity index (χ2n) is 7.00. The van der Waals surface area contributed by atoms with Gasteiger partial charge in [0.1, 0.15) is 0 Å². The van der Waals surface area contributed by atoms with Gasteiger partial charge < -0.3 is 5.32 Å². The van der Waals surface area contributed by atoms with Crippen molar-refractivity contribution in [1.29, 1.82) is 0 Å². The van der Waals surface area contributed by atoms with Crippen molar-refractivity contribution in [3.8, 4) is 0 Å². The molecule has 1 saturated carbocycles. The molecule has 19 heavy (non-hydrogen) atoms. The summed E-state index contributed by atoms with van der Waals surface area (Å²) in [6.07, 6.45) is 9.54. The van der Waals surface area contributed by atoms with Gasteiger partial charge in [-0.05, 0) is 67.6 Å². The van der Waals surface area contributed by atoms with Crippen LogP contribution in [0.1, 0.15) is 68.7 Å². The SMILES string of the molecule is CC(NCC1(C)CCC1)c1ccc2c(c1)CCCC2. The van der Waals surface area contributed by atoms with Gasteiger partial charge in [-0.1, -0.05) is 31.5 Å². The fourth-order valence-electron chi connectivity index (χ4n) is 3.50. The topological polar surface area (TPSA) is 12.0 Å². The van der Waals surface area contributed by atoms with Crippen molar-refractivity contribution in [2.24, 2.45) is 5.41 Å². The molecule has 104 valence electrons. The molecule has 0 saturated heterocycles. The number of fused-ring (bicyclic) bond motifs is 1. The molecule has 1 aromatic carbocycles. The Morgan fingerprint density at radius 1 is 1.11 bits per heavy atom. The van der Waals surface area contributed by atoms with E-state index in [4.69, 9.17) is 0 Å². The van der Waals surface area contributed by atoms with Crippen molar-refractivity contribution in [3.63, 3.8) is 0 Å². The van der Waals surface area contributed by atoms with Gasteiger partial charge in [-0.3, -0.25) is 0 Å². The lowest BCUT2D eigenvalue weighted by molar-refractivity contribution is 0.152. The van der Waals surface area contributed by atoms with Gasteiger partial charge in [0, 0.05) is 12.6 Å². The molecule has 1 atom stereocenters. The third-order valence-electron chi connectivity index (χ3n) is 5.27. The average Bonchev–Trinajstić information content (AvgIpc) is 2.42. The molecule has 0 amide bonds. The lowest BCUT2D eigenvalue weighted by Crippen LogP contribution is -2.38. The van der Waals surface area contributed by atoms with Crippen molar-refractivity contribution in [2.75, 3.05) is 6.54 Å². The number of rotatable bonds is 4. The summed E-state index contributed by atoms with van der Waals surface area (Å²) in [5.74, 6) is 0. The summed E-state index contributed by atoms with van der Waals surface area (Å²) < 4.78 is 0. The highest BCUT2D eigenvalue weighted by atomic mass is 14.9. The van der Waals surface area contributed by atoms with Gasteiger partial charge in [0.05, 0.1) is 0 Å². The molecule has 0 aromatic heterocycles. The molecule has 1 unspecified atom stereocenters. The standard InChI is InChI=1S/C18H27N/c1-14(19-13-18(2)10-5-11-18)16-9-8-15-6-3-4-7-17(15)12-16/h8-9,12,14,19H,3-7,10-11,13H2,1-2H3. The van der Waals surface area contributed by atoms with E-state index in [0.717, 1.165) is 0 Å².